The molecule has 7 heteroatoms. The van der Waals surface area contributed by atoms with E-state index in [0.29, 0.717) is 30.1 Å². The Morgan fingerprint density at radius 3 is 2.60 bits per heavy atom. The summed E-state index contributed by atoms with van der Waals surface area (Å²) in [4.78, 5) is 27.6. The molecule has 4 N–H and O–H groups in total. The summed E-state index contributed by atoms with van der Waals surface area (Å²) in [5, 5.41) is 6.07. The zero-order valence-electron chi connectivity index (χ0n) is 18.5. The number of carbonyl (C=O) groups excluding carboxylic acids is 2. The zero-order valence-corrected chi connectivity index (χ0v) is 18.5. The molecule has 30 heavy (non-hydrogen) atoms. The second-order valence-corrected chi connectivity index (χ2v) is 9.25. The number of carbonyl (C=O) groups is 2. The van der Waals surface area contributed by atoms with E-state index in [-0.39, 0.29) is 23.7 Å². The van der Waals surface area contributed by atoms with E-state index >= 15 is 0 Å². The summed E-state index contributed by atoms with van der Waals surface area (Å²) in [5.41, 5.74) is 0.486. The van der Waals surface area contributed by atoms with Gasteiger partial charge in [0.15, 0.2) is 12.6 Å². The van der Waals surface area contributed by atoms with Crippen LogP contribution in [0.25, 0.3) is 0 Å². The molecular formula is C23H37FN4O2+2. The largest absolute Gasteiger partial charge is 0.348 e. The number of rotatable bonds is 6. The molecule has 0 radical (unpaired) electrons. The van der Waals surface area contributed by atoms with Gasteiger partial charge in [0.05, 0.1) is 0 Å². The number of quaternary nitrogens is 2. The van der Waals surface area contributed by atoms with Gasteiger partial charge in [-0.25, -0.2) is 4.39 Å². The van der Waals surface area contributed by atoms with E-state index in [2.05, 4.69) is 24.5 Å². The van der Waals surface area contributed by atoms with Crippen molar-refractivity contribution in [3.63, 3.8) is 0 Å². The molecule has 166 valence electrons. The van der Waals surface area contributed by atoms with Gasteiger partial charge in [-0.05, 0) is 43.4 Å². The smallest absolute Gasteiger partial charge is 0.279 e. The topological polar surface area (TPSA) is 67.1 Å². The van der Waals surface area contributed by atoms with Crippen LogP contribution in [-0.4, -0.2) is 56.6 Å². The van der Waals surface area contributed by atoms with Gasteiger partial charge in [0, 0.05) is 11.7 Å². The molecule has 0 unspecified atom stereocenters. The van der Waals surface area contributed by atoms with E-state index in [0.717, 1.165) is 32.6 Å². The molecule has 0 spiro atoms. The van der Waals surface area contributed by atoms with Gasteiger partial charge in [0.1, 0.15) is 32.0 Å². The molecule has 1 aromatic carbocycles. The highest BCUT2D eigenvalue weighted by Gasteiger charge is 2.34. The molecule has 1 aromatic rings. The minimum absolute atomic E-state index is 0.0721. The lowest BCUT2D eigenvalue weighted by molar-refractivity contribution is -1.01. The van der Waals surface area contributed by atoms with Gasteiger partial charge < -0.3 is 20.4 Å². The maximum atomic E-state index is 13.3. The van der Waals surface area contributed by atoms with Crippen LogP contribution in [0.15, 0.2) is 24.3 Å². The van der Waals surface area contributed by atoms with Crippen LogP contribution in [0.3, 0.4) is 0 Å². The molecule has 1 saturated heterocycles. The first kappa shape index (κ1) is 22.7. The molecule has 6 nitrogen and oxygen atoms in total. The Balaban J connectivity index is 1.42. The molecule has 1 aliphatic carbocycles. The number of halogens is 1. The molecule has 0 bridgehead atoms. The van der Waals surface area contributed by atoms with Crippen molar-refractivity contribution in [1.82, 2.24) is 5.32 Å². The highest BCUT2D eigenvalue weighted by molar-refractivity contribution is 5.91. The fraction of sp³-hybridized carbons (Fsp3) is 0.652. The zero-order chi connectivity index (χ0) is 21.7. The minimum Gasteiger partial charge on any atom is -0.348 e. The van der Waals surface area contributed by atoms with Gasteiger partial charge in [0.2, 0.25) is 0 Å². The summed E-state index contributed by atoms with van der Waals surface area (Å²) < 4.78 is 13.3. The second kappa shape index (κ2) is 10.4. The number of hydrogen-bond donors (Lipinski definition) is 4. The van der Waals surface area contributed by atoms with Crippen LogP contribution < -0.4 is 20.4 Å². The lowest BCUT2D eigenvalue weighted by Gasteiger charge is -2.36. The Morgan fingerprint density at radius 1 is 1.17 bits per heavy atom. The predicted molar refractivity (Wildman–Crippen MR) is 115 cm³/mol. The van der Waals surface area contributed by atoms with Gasteiger partial charge in [-0.15, -0.1) is 0 Å². The highest BCUT2D eigenvalue weighted by atomic mass is 19.1. The van der Waals surface area contributed by atoms with Crippen molar-refractivity contribution in [2.45, 2.75) is 52.1 Å². The van der Waals surface area contributed by atoms with E-state index < -0.39 is 0 Å². The van der Waals surface area contributed by atoms with Crippen molar-refractivity contribution >= 4 is 17.5 Å². The molecule has 2 amide bonds. The van der Waals surface area contributed by atoms with Crippen LogP contribution in [0.4, 0.5) is 10.1 Å². The summed E-state index contributed by atoms with van der Waals surface area (Å²) in [7, 11) is 0. The molecule has 3 rings (SSSR count). The van der Waals surface area contributed by atoms with Gasteiger partial charge in [0.25, 0.3) is 11.8 Å². The number of hydrogen-bond acceptors (Lipinski definition) is 2. The summed E-state index contributed by atoms with van der Waals surface area (Å²) in [5.74, 6) is 0.885. The Morgan fingerprint density at radius 2 is 1.90 bits per heavy atom. The lowest BCUT2D eigenvalue weighted by atomic mass is 9.78. The third-order valence-electron chi connectivity index (χ3n) is 7.16. The van der Waals surface area contributed by atoms with Gasteiger partial charge in [-0.1, -0.05) is 32.8 Å². The number of amides is 2. The molecular weight excluding hydrogens is 383 g/mol. The van der Waals surface area contributed by atoms with E-state index in [1.54, 1.807) is 12.1 Å². The highest BCUT2D eigenvalue weighted by Crippen LogP contribution is 2.29. The van der Waals surface area contributed by atoms with Crippen molar-refractivity contribution in [1.29, 1.82) is 0 Å². The fourth-order valence-electron chi connectivity index (χ4n) is 4.81. The van der Waals surface area contributed by atoms with Crippen molar-refractivity contribution in [3.05, 3.63) is 30.1 Å². The number of nitrogens with one attached hydrogen (secondary N) is 4. The third kappa shape index (κ3) is 6.01. The number of benzene rings is 1. The minimum atomic E-state index is -0.360. The molecule has 1 saturated carbocycles. The van der Waals surface area contributed by atoms with Crippen LogP contribution in [0.5, 0.6) is 0 Å². The number of anilines is 1. The second-order valence-electron chi connectivity index (χ2n) is 9.25. The molecule has 2 aliphatic rings. The van der Waals surface area contributed by atoms with Crippen molar-refractivity contribution in [3.8, 4) is 0 Å². The maximum Gasteiger partial charge on any atom is 0.279 e. The van der Waals surface area contributed by atoms with Crippen LogP contribution in [0.2, 0.25) is 0 Å². The average Bonchev–Trinajstić information content (AvgIpc) is 2.71. The molecule has 1 aliphatic heterocycles. The first-order valence-corrected chi connectivity index (χ1v) is 11.4. The fourth-order valence-corrected chi connectivity index (χ4v) is 4.81. The first-order chi connectivity index (χ1) is 14.3. The van der Waals surface area contributed by atoms with Crippen molar-refractivity contribution in [2.75, 3.05) is 38.0 Å². The summed E-state index contributed by atoms with van der Waals surface area (Å²) in [6, 6.07) is 6.17. The quantitative estimate of drug-likeness (QED) is 0.518. The summed E-state index contributed by atoms with van der Waals surface area (Å²) >= 11 is 0. The van der Waals surface area contributed by atoms with Crippen LogP contribution in [-0.2, 0) is 9.59 Å². The lowest BCUT2D eigenvalue weighted by Crippen LogP contribution is -3.30. The maximum absolute atomic E-state index is 13.3. The Labute approximate surface area is 179 Å². The molecule has 1 heterocycles. The van der Waals surface area contributed by atoms with Crippen molar-refractivity contribution in [2.24, 2.45) is 11.8 Å². The van der Waals surface area contributed by atoms with Gasteiger partial charge in [-0.2, -0.15) is 0 Å². The van der Waals surface area contributed by atoms with Crippen LogP contribution >= 0.6 is 0 Å². The van der Waals surface area contributed by atoms with E-state index in [9.17, 15) is 14.0 Å². The van der Waals surface area contributed by atoms with E-state index in [4.69, 9.17) is 0 Å². The molecule has 2 fully saturated rings. The third-order valence-corrected chi connectivity index (χ3v) is 7.16. The van der Waals surface area contributed by atoms with Gasteiger partial charge >= 0.3 is 0 Å². The molecule has 0 aromatic heterocycles. The normalized spacial score (nSPS) is 30.3. The van der Waals surface area contributed by atoms with Crippen LogP contribution in [0, 0.1) is 17.7 Å². The van der Waals surface area contributed by atoms with E-state index in [1.165, 1.54) is 34.8 Å². The Bertz CT molecular complexity index is 736. The summed E-state index contributed by atoms with van der Waals surface area (Å²) in [6.45, 7) is 10.3. The Hall–Kier alpha value is -1.99. The Kier molecular flexibility index (Phi) is 7.83. The standard InChI is InChI=1S/C23H35FN4O2/c1-16-6-4-9-21(17(16)2)26-23(30)18(3)28-12-10-27(11-13-28)15-22(29)25-20-8-5-7-19(24)14-20/h5,7-8,14,16-18,21H,4,6,9-13,15H2,1-3H3,(H,25,29)(H,26,30)/p+2/t16-,17-,18-,21+/m1/s1. The van der Waals surface area contributed by atoms with E-state index in [1.807, 2.05) is 6.92 Å². The first-order valence-electron chi connectivity index (χ1n) is 11.4. The monoisotopic (exact) mass is 420 g/mol. The van der Waals surface area contributed by atoms with Crippen LogP contribution in [0.1, 0.15) is 40.0 Å². The number of piperazine rings is 1. The predicted octanol–water partition coefficient (Wildman–Crippen LogP) is -0.123. The molecule has 4 atom stereocenters. The van der Waals surface area contributed by atoms with Gasteiger partial charge in [-0.3, -0.25) is 9.59 Å². The SMILES string of the molecule is C[C@@H]1[C@H](C)CCC[C@@H]1NC(=O)[C@@H](C)[NH+]1CC[NH+](CC(=O)Nc2cccc(F)c2)CC1. The average molecular weight is 421 g/mol. The summed E-state index contributed by atoms with van der Waals surface area (Å²) in [6.07, 6.45) is 3.53. The van der Waals surface area contributed by atoms with Crippen molar-refractivity contribution < 1.29 is 23.8 Å².